The van der Waals surface area contributed by atoms with Crippen molar-refractivity contribution < 1.29 is 4.74 Å². The minimum Gasteiger partial charge on any atom is -0.494 e. The summed E-state index contributed by atoms with van der Waals surface area (Å²) in [6.45, 7) is 7.17. The molecule has 21 heavy (non-hydrogen) atoms. The first-order valence-corrected chi connectivity index (χ1v) is 8.44. The smallest absolute Gasteiger partial charge is 0.123 e. The molecule has 0 heterocycles. The zero-order chi connectivity index (χ0) is 15.1. The van der Waals surface area contributed by atoms with Crippen LogP contribution in [0.25, 0.3) is 0 Å². The van der Waals surface area contributed by atoms with Crippen molar-refractivity contribution in [2.45, 2.75) is 64.6 Å². The van der Waals surface area contributed by atoms with Gasteiger partial charge in [0, 0.05) is 24.2 Å². The van der Waals surface area contributed by atoms with Crippen LogP contribution in [-0.2, 0) is 6.54 Å². The van der Waals surface area contributed by atoms with Gasteiger partial charge in [0.05, 0.1) is 6.61 Å². The van der Waals surface area contributed by atoms with Gasteiger partial charge < -0.3 is 10.5 Å². The molecule has 0 aliphatic heterocycles. The van der Waals surface area contributed by atoms with E-state index >= 15 is 0 Å². The van der Waals surface area contributed by atoms with E-state index in [9.17, 15) is 0 Å². The molecule has 1 aromatic carbocycles. The number of para-hydroxylation sites is 1. The van der Waals surface area contributed by atoms with Gasteiger partial charge in [-0.05, 0) is 51.6 Å². The predicted molar refractivity (Wildman–Crippen MR) is 88.5 cm³/mol. The van der Waals surface area contributed by atoms with E-state index in [-0.39, 0.29) is 0 Å². The lowest BCUT2D eigenvalue weighted by Gasteiger charge is -2.36. The van der Waals surface area contributed by atoms with Crippen LogP contribution in [0, 0.1) is 0 Å². The van der Waals surface area contributed by atoms with Crippen molar-refractivity contribution in [2.75, 3.05) is 13.2 Å². The minimum absolute atomic E-state index is 0.417. The van der Waals surface area contributed by atoms with E-state index in [1.807, 2.05) is 6.92 Å². The summed E-state index contributed by atoms with van der Waals surface area (Å²) in [4.78, 5) is 2.63. The average Bonchev–Trinajstić information content (AvgIpc) is 2.50. The second kappa shape index (κ2) is 8.40. The summed E-state index contributed by atoms with van der Waals surface area (Å²) in [5.41, 5.74) is 7.36. The second-order valence-electron chi connectivity index (χ2n) is 6.08. The Bertz CT molecular complexity index is 413. The predicted octanol–water partition coefficient (Wildman–Crippen LogP) is 3.57. The number of nitrogens with zero attached hydrogens (tertiary/aromatic N) is 1. The van der Waals surface area contributed by atoms with E-state index in [0.717, 1.165) is 38.3 Å². The SMILES string of the molecule is CCCN(Cc1ccccc1OCC)C1CCC(N)CC1. The number of hydrogen-bond donors (Lipinski definition) is 1. The van der Waals surface area contributed by atoms with Crippen molar-refractivity contribution in [3.8, 4) is 5.75 Å². The van der Waals surface area contributed by atoms with Gasteiger partial charge in [-0.2, -0.15) is 0 Å². The quantitative estimate of drug-likeness (QED) is 0.834. The standard InChI is InChI=1S/C18H30N2O/c1-3-13-20(17-11-9-16(19)10-12-17)14-15-7-5-6-8-18(15)21-4-2/h5-8,16-17H,3-4,9-14,19H2,1-2H3. The fourth-order valence-corrected chi connectivity index (χ4v) is 3.29. The number of ether oxygens (including phenoxy) is 1. The highest BCUT2D eigenvalue weighted by atomic mass is 16.5. The van der Waals surface area contributed by atoms with Gasteiger partial charge in [0.1, 0.15) is 5.75 Å². The van der Waals surface area contributed by atoms with Gasteiger partial charge in [-0.1, -0.05) is 25.1 Å². The van der Waals surface area contributed by atoms with E-state index in [1.54, 1.807) is 0 Å². The lowest BCUT2D eigenvalue weighted by molar-refractivity contribution is 0.140. The van der Waals surface area contributed by atoms with Crippen molar-refractivity contribution in [1.29, 1.82) is 0 Å². The maximum Gasteiger partial charge on any atom is 0.123 e. The Morgan fingerprint density at radius 2 is 1.86 bits per heavy atom. The van der Waals surface area contributed by atoms with E-state index in [1.165, 1.54) is 24.8 Å². The molecule has 0 saturated heterocycles. The Kier molecular flexibility index (Phi) is 6.52. The third kappa shape index (κ3) is 4.72. The normalized spacial score (nSPS) is 22.5. The van der Waals surface area contributed by atoms with Crippen LogP contribution in [0.2, 0.25) is 0 Å². The summed E-state index contributed by atoms with van der Waals surface area (Å²) in [6, 6.07) is 9.54. The fourth-order valence-electron chi connectivity index (χ4n) is 3.29. The summed E-state index contributed by atoms with van der Waals surface area (Å²) in [6.07, 6.45) is 5.99. The van der Waals surface area contributed by atoms with Gasteiger partial charge in [-0.25, -0.2) is 0 Å². The molecular formula is C18H30N2O. The zero-order valence-corrected chi connectivity index (χ0v) is 13.6. The highest BCUT2D eigenvalue weighted by Crippen LogP contribution is 2.26. The van der Waals surface area contributed by atoms with Crippen LogP contribution in [0.15, 0.2) is 24.3 Å². The van der Waals surface area contributed by atoms with Crippen LogP contribution >= 0.6 is 0 Å². The molecule has 0 bridgehead atoms. The molecule has 0 spiro atoms. The molecule has 1 fully saturated rings. The Morgan fingerprint density at radius 3 is 2.52 bits per heavy atom. The maximum atomic E-state index is 6.05. The van der Waals surface area contributed by atoms with Crippen molar-refractivity contribution in [2.24, 2.45) is 5.73 Å². The third-order valence-corrected chi connectivity index (χ3v) is 4.41. The molecule has 0 amide bonds. The molecule has 1 aromatic rings. The van der Waals surface area contributed by atoms with Crippen LogP contribution in [0.4, 0.5) is 0 Å². The summed E-state index contributed by atoms with van der Waals surface area (Å²) in [5.74, 6) is 1.04. The van der Waals surface area contributed by atoms with Crippen molar-refractivity contribution >= 4 is 0 Å². The summed E-state index contributed by atoms with van der Waals surface area (Å²) in [5, 5.41) is 0. The molecule has 3 nitrogen and oxygen atoms in total. The lowest BCUT2D eigenvalue weighted by atomic mass is 9.90. The van der Waals surface area contributed by atoms with Gasteiger partial charge in [0.2, 0.25) is 0 Å². The van der Waals surface area contributed by atoms with Crippen molar-refractivity contribution in [3.63, 3.8) is 0 Å². The van der Waals surface area contributed by atoms with Gasteiger partial charge in [0.25, 0.3) is 0 Å². The Hall–Kier alpha value is -1.06. The zero-order valence-electron chi connectivity index (χ0n) is 13.6. The summed E-state index contributed by atoms with van der Waals surface area (Å²) < 4.78 is 5.77. The van der Waals surface area contributed by atoms with Crippen LogP contribution in [0.3, 0.4) is 0 Å². The van der Waals surface area contributed by atoms with Crippen molar-refractivity contribution in [1.82, 2.24) is 4.90 Å². The highest BCUT2D eigenvalue weighted by molar-refractivity contribution is 5.33. The molecule has 2 N–H and O–H groups in total. The molecule has 0 atom stereocenters. The van der Waals surface area contributed by atoms with Crippen LogP contribution < -0.4 is 10.5 Å². The van der Waals surface area contributed by atoms with Gasteiger partial charge >= 0.3 is 0 Å². The second-order valence-corrected chi connectivity index (χ2v) is 6.08. The number of nitrogens with two attached hydrogens (primary N) is 1. The van der Waals surface area contributed by atoms with E-state index in [4.69, 9.17) is 10.5 Å². The molecule has 2 rings (SSSR count). The monoisotopic (exact) mass is 290 g/mol. The van der Waals surface area contributed by atoms with Gasteiger partial charge in [0.15, 0.2) is 0 Å². The average molecular weight is 290 g/mol. The first-order valence-electron chi connectivity index (χ1n) is 8.44. The molecule has 3 heteroatoms. The lowest BCUT2D eigenvalue weighted by Crippen LogP contribution is -2.40. The van der Waals surface area contributed by atoms with Gasteiger partial charge in [-0.15, -0.1) is 0 Å². The molecule has 0 radical (unpaired) electrons. The largest absolute Gasteiger partial charge is 0.494 e. The third-order valence-electron chi connectivity index (χ3n) is 4.41. The first kappa shape index (κ1) is 16.3. The van der Waals surface area contributed by atoms with Crippen LogP contribution in [0.1, 0.15) is 51.5 Å². The summed E-state index contributed by atoms with van der Waals surface area (Å²) >= 11 is 0. The number of benzene rings is 1. The number of hydrogen-bond acceptors (Lipinski definition) is 3. The number of rotatable bonds is 7. The molecule has 1 aliphatic rings. The van der Waals surface area contributed by atoms with Crippen LogP contribution in [0.5, 0.6) is 5.75 Å². The van der Waals surface area contributed by atoms with E-state index < -0.39 is 0 Å². The molecular weight excluding hydrogens is 260 g/mol. The maximum absolute atomic E-state index is 6.05. The van der Waals surface area contributed by atoms with Gasteiger partial charge in [-0.3, -0.25) is 4.90 Å². The Morgan fingerprint density at radius 1 is 1.14 bits per heavy atom. The summed E-state index contributed by atoms with van der Waals surface area (Å²) in [7, 11) is 0. The topological polar surface area (TPSA) is 38.5 Å². The minimum atomic E-state index is 0.417. The molecule has 0 unspecified atom stereocenters. The van der Waals surface area contributed by atoms with E-state index in [2.05, 4.69) is 36.1 Å². The highest BCUT2D eigenvalue weighted by Gasteiger charge is 2.24. The van der Waals surface area contributed by atoms with Crippen molar-refractivity contribution in [3.05, 3.63) is 29.8 Å². The first-order chi connectivity index (χ1) is 10.2. The Balaban J connectivity index is 2.05. The van der Waals surface area contributed by atoms with E-state index in [0.29, 0.717) is 12.1 Å². The molecule has 118 valence electrons. The molecule has 1 aliphatic carbocycles. The van der Waals surface area contributed by atoms with Crippen LogP contribution in [-0.4, -0.2) is 30.1 Å². The Labute approximate surface area is 129 Å². The molecule has 0 aromatic heterocycles. The molecule has 1 saturated carbocycles. The fraction of sp³-hybridized carbons (Fsp3) is 0.667.